The number of para-hydroxylation sites is 1. The number of aromatic amines is 1. The maximum absolute atomic E-state index is 12.7. The SMILES string of the molecule is Cc1ccc(C(=N)c2c(C)[nH]n(-c3ccccc3)c2=O)cc1. The number of nitrogens with one attached hydrogen (secondary N) is 2. The van der Waals surface area contributed by atoms with E-state index in [4.69, 9.17) is 5.41 Å². The topological polar surface area (TPSA) is 61.6 Å². The van der Waals surface area contributed by atoms with Gasteiger partial charge in [-0.05, 0) is 26.0 Å². The van der Waals surface area contributed by atoms with Crippen LogP contribution in [0.25, 0.3) is 5.69 Å². The second kappa shape index (κ2) is 5.48. The van der Waals surface area contributed by atoms with Gasteiger partial charge < -0.3 is 0 Å². The van der Waals surface area contributed by atoms with Crippen molar-refractivity contribution in [2.75, 3.05) is 0 Å². The van der Waals surface area contributed by atoms with Crippen molar-refractivity contribution in [3.8, 4) is 5.69 Å². The largest absolute Gasteiger partial charge is 0.299 e. The zero-order valence-electron chi connectivity index (χ0n) is 12.6. The van der Waals surface area contributed by atoms with Gasteiger partial charge in [-0.3, -0.25) is 15.3 Å². The molecule has 2 N–H and O–H groups in total. The smallest absolute Gasteiger partial charge is 0.280 e. The lowest BCUT2D eigenvalue weighted by Crippen LogP contribution is -2.20. The first-order valence-electron chi connectivity index (χ1n) is 7.11. The van der Waals surface area contributed by atoms with Crippen molar-refractivity contribution >= 4 is 5.71 Å². The summed E-state index contributed by atoms with van der Waals surface area (Å²) in [5.74, 6) is 0. The van der Waals surface area contributed by atoms with Crippen molar-refractivity contribution in [3.63, 3.8) is 0 Å². The fourth-order valence-electron chi connectivity index (χ4n) is 2.46. The van der Waals surface area contributed by atoms with E-state index in [1.165, 1.54) is 4.68 Å². The summed E-state index contributed by atoms with van der Waals surface area (Å²) in [6, 6.07) is 17.0. The van der Waals surface area contributed by atoms with Gasteiger partial charge in [0.1, 0.15) is 0 Å². The fourth-order valence-corrected chi connectivity index (χ4v) is 2.46. The van der Waals surface area contributed by atoms with Gasteiger partial charge in [0, 0.05) is 11.3 Å². The van der Waals surface area contributed by atoms with Crippen LogP contribution in [0.15, 0.2) is 59.4 Å². The average molecular weight is 291 g/mol. The van der Waals surface area contributed by atoms with Gasteiger partial charge in [-0.2, -0.15) is 0 Å². The first kappa shape index (κ1) is 14.1. The Morgan fingerprint density at radius 2 is 1.64 bits per heavy atom. The number of aromatic nitrogens is 2. The molecule has 0 saturated heterocycles. The summed E-state index contributed by atoms with van der Waals surface area (Å²) in [6.07, 6.45) is 0. The third-order valence-corrected chi connectivity index (χ3v) is 3.68. The summed E-state index contributed by atoms with van der Waals surface area (Å²) >= 11 is 0. The zero-order valence-corrected chi connectivity index (χ0v) is 12.6. The molecule has 0 aliphatic heterocycles. The van der Waals surface area contributed by atoms with Crippen LogP contribution in [-0.2, 0) is 0 Å². The molecule has 0 spiro atoms. The van der Waals surface area contributed by atoms with E-state index in [0.717, 1.165) is 16.8 Å². The number of H-pyrrole nitrogens is 1. The molecule has 0 saturated carbocycles. The quantitative estimate of drug-likeness (QED) is 0.715. The summed E-state index contributed by atoms with van der Waals surface area (Å²) < 4.78 is 1.48. The lowest BCUT2D eigenvalue weighted by molar-refractivity contribution is 0.835. The van der Waals surface area contributed by atoms with Crippen molar-refractivity contribution in [2.45, 2.75) is 13.8 Å². The lowest BCUT2D eigenvalue weighted by atomic mass is 10.0. The van der Waals surface area contributed by atoms with Crippen LogP contribution in [-0.4, -0.2) is 15.5 Å². The molecule has 110 valence electrons. The van der Waals surface area contributed by atoms with Crippen LogP contribution in [0.2, 0.25) is 0 Å². The minimum atomic E-state index is -0.200. The first-order chi connectivity index (χ1) is 10.6. The third kappa shape index (κ3) is 2.39. The van der Waals surface area contributed by atoms with E-state index in [1.807, 2.05) is 68.4 Å². The molecule has 0 unspecified atom stereocenters. The Morgan fingerprint density at radius 1 is 1.00 bits per heavy atom. The minimum Gasteiger partial charge on any atom is -0.299 e. The highest BCUT2D eigenvalue weighted by Crippen LogP contribution is 2.12. The molecule has 0 radical (unpaired) electrons. The normalized spacial score (nSPS) is 10.6. The van der Waals surface area contributed by atoms with Crippen LogP contribution in [0.5, 0.6) is 0 Å². The minimum absolute atomic E-state index is 0.200. The summed E-state index contributed by atoms with van der Waals surface area (Å²) in [7, 11) is 0. The molecule has 4 heteroatoms. The van der Waals surface area contributed by atoms with Crippen molar-refractivity contribution in [1.82, 2.24) is 9.78 Å². The average Bonchev–Trinajstić information content (AvgIpc) is 2.83. The molecule has 0 fully saturated rings. The van der Waals surface area contributed by atoms with E-state index >= 15 is 0 Å². The van der Waals surface area contributed by atoms with E-state index in [-0.39, 0.29) is 11.3 Å². The molecule has 3 aromatic rings. The number of hydrogen-bond donors (Lipinski definition) is 2. The second-order valence-electron chi connectivity index (χ2n) is 5.33. The number of nitrogens with zero attached hydrogens (tertiary/aromatic N) is 1. The molecule has 1 heterocycles. The Kier molecular flexibility index (Phi) is 3.51. The number of hydrogen-bond acceptors (Lipinski definition) is 2. The van der Waals surface area contributed by atoms with E-state index < -0.39 is 0 Å². The number of benzene rings is 2. The molecule has 0 bridgehead atoms. The van der Waals surface area contributed by atoms with E-state index in [0.29, 0.717) is 11.3 Å². The van der Waals surface area contributed by atoms with Crippen LogP contribution in [0.3, 0.4) is 0 Å². The van der Waals surface area contributed by atoms with Gasteiger partial charge >= 0.3 is 0 Å². The van der Waals surface area contributed by atoms with Gasteiger partial charge in [-0.25, -0.2) is 4.68 Å². The third-order valence-electron chi connectivity index (χ3n) is 3.68. The highest BCUT2D eigenvalue weighted by molar-refractivity contribution is 6.11. The number of aryl methyl sites for hydroxylation is 2. The molecule has 4 nitrogen and oxygen atoms in total. The Labute approximate surface area is 128 Å². The van der Waals surface area contributed by atoms with Gasteiger partial charge in [-0.15, -0.1) is 0 Å². The molecule has 22 heavy (non-hydrogen) atoms. The van der Waals surface area contributed by atoms with Gasteiger partial charge in [0.05, 0.1) is 17.0 Å². The van der Waals surface area contributed by atoms with Crippen LogP contribution < -0.4 is 5.56 Å². The Bertz CT molecular complexity index is 871. The van der Waals surface area contributed by atoms with Gasteiger partial charge in [0.2, 0.25) is 0 Å². The summed E-state index contributed by atoms with van der Waals surface area (Å²) in [6.45, 7) is 3.82. The van der Waals surface area contributed by atoms with Crippen LogP contribution in [0.1, 0.15) is 22.4 Å². The second-order valence-corrected chi connectivity index (χ2v) is 5.33. The lowest BCUT2D eigenvalue weighted by Gasteiger charge is -2.02. The van der Waals surface area contributed by atoms with E-state index in [9.17, 15) is 4.79 Å². The Morgan fingerprint density at radius 3 is 2.27 bits per heavy atom. The molecule has 0 aliphatic rings. The summed E-state index contributed by atoms with van der Waals surface area (Å²) in [5, 5.41) is 11.4. The molecule has 1 aromatic heterocycles. The molecular formula is C18H17N3O. The van der Waals surface area contributed by atoms with Gasteiger partial charge in [0.25, 0.3) is 5.56 Å². The first-order valence-corrected chi connectivity index (χ1v) is 7.11. The molecule has 2 aromatic carbocycles. The monoisotopic (exact) mass is 291 g/mol. The highest BCUT2D eigenvalue weighted by atomic mass is 16.1. The van der Waals surface area contributed by atoms with Gasteiger partial charge in [0.15, 0.2) is 0 Å². The number of rotatable bonds is 3. The van der Waals surface area contributed by atoms with Crippen LogP contribution in [0, 0.1) is 19.3 Å². The molecule has 0 atom stereocenters. The molecular weight excluding hydrogens is 274 g/mol. The Balaban J connectivity index is 2.09. The molecule has 0 amide bonds. The zero-order chi connectivity index (χ0) is 15.7. The van der Waals surface area contributed by atoms with Gasteiger partial charge in [-0.1, -0.05) is 48.0 Å². The van der Waals surface area contributed by atoms with Crippen molar-refractivity contribution in [1.29, 1.82) is 5.41 Å². The predicted molar refractivity (Wildman–Crippen MR) is 88.2 cm³/mol. The maximum Gasteiger partial charge on any atom is 0.280 e. The molecule has 0 aliphatic carbocycles. The maximum atomic E-state index is 12.7. The standard InChI is InChI=1S/C18H17N3O/c1-12-8-10-14(11-9-12)17(19)16-13(2)20-21(18(16)22)15-6-4-3-5-7-15/h3-11,19-20H,1-2H3. The fraction of sp³-hybridized carbons (Fsp3) is 0.111. The summed E-state index contributed by atoms with van der Waals surface area (Å²) in [4.78, 5) is 12.7. The predicted octanol–water partition coefficient (Wildman–Crippen LogP) is 3.20. The van der Waals surface area contributed by atoms with Crippen LogP contribution >= 0.6 is 0 Å². The molecule has 3 rings (SSSR count). The van der Waals surface area contributed by atoms with Crippen LogP contribution in [0.4, 0.5) is 0 Å². The van der Waals surface area contributed by atoms with Crippen molar-refractivity contribution in [3.05, 3.63) is 87.3 Å². The summed E-state index contributed by atoms with van der Waals surface area (Å²) in [5.41, 5.74) is 3.78. The van der Waals surface area contributed by atoms with Crippen molar-refractivity contribution in [2.24, 2.45) is 0 Å². The van der Waals surface area contributed by atoms with E-state index in [2.05, 4.69) is 5.10 Å². The Hall–Kier alpha value is -2.88. The highest BCUT2D eigenvalue weighted by Gasteiger charge is 2.17. The van der Waals surface area contributed by atoms with Crippen molar-refractivity contribution < 1.29 is 0 Å². The van der Waals surface area contributed by atoms with E-state index in [1.54, 1.807) is 0 Å².